The van der Waals surface area contributed by atoms with Gasteiger partial charge in [0.1, 0.15) is 0 Å². The molecule has 15 heavy (non-hydrogen) atoms. The molecular weight excluding hydrogens is 387 g/mol. The van der Waals surface area contributed by atoms with Crippen LogP contribution in [0.4, 0.5) is 5.69 Å². The SMILES string of the molecule is CSC1=NCCN1c1ccccc1Br.I. The second kappa shape index (κ2) is 6.10. The van der Waals surface area contributed by atoms with Crippen molar-refractivity contribution in [2.45, 2.75) is 0 Å². The Morgan fingerprint density at radius 1 is 1.40 bits per heavy atom. The van der Waals surface area contributed by atoms with Gasteiger partial charge in [-0.15, -0.1) is 24.0 Å². The van der Waals surface area contributed by atoms with Crippen molar-refractivity contribution in [2.75, 3.05) is 24.2 Å². The van der Waals surface area contributed by atoms with E-state index in [0.717, 1.165) is 22.7 Å². The fourth-order valence-corrected chi connectivity index (χ4v) is 2.62. The lowest BCUT2D eigenvalue weighted by Gasteiger charge is -2.20. The highest BCUT2D eigenvalue weighted by atomic mass is 127. The average Bonchev–Trinajstić information content (AvgIpc) is 2.66. The van der Waals surface area contributed by atoms with Crippen LogP contribution in [-0.2, 0) is 0 Å². The molecule has 1 heterocycles. The van der Waals surface area contributed by atoms with E-state index in [-0.39, 0.29) is 24.0 Å². The summed E-state index contributed by atoms with van der Waals surface area (Å²) in [5.41, 5.74) is 1.21. The largest absolute Gasteiger partial charge is 0.318 e. The quantitative estimate of drug-likeness (QED) is 0.671. The molecule has 0 aliphatic carbocycles. The van der Waals surface area contributed by atoms with Gasteiger partial charge in [-0.3, -0.25) is 4.99 Å². The number of thioether (sulfide) groups is 1. The van der Waals surface area contributed by atoms with E-state index < -0.39 is 0 Å². The molecule has 82 valence electrons. The van der Waals surface area contributed by atoms with Gasteiger partial charge >= 0.3 is 0 Å². The molecule has 0 radical (unpaired) electrons. The molecule has 0 atom stereocenters. The molecule has 1 aromatic rings. The van der Waals surface area contributed by atoms with E-state index in [4.69, 9.17) is 0 Å². The predicted octanol–water partition coefficient (Wildman–Crippen LogP) is 3.61. The first-order chi connectivity index (χ1) is 6.83. The summed E-state index contributed by atoms with van der Waals surface area (Å²) in [6.07, 6.45) is 2.06. The van der Waals surface area contributed by atoms with Crippen LogP contribution in [0.25, 0.3) is 0 Å². The third kappa shape index (κ3) is 2.88. The molecule has 1 aliphatic heterocycles. The Labute approximate surface area is 120 Å². The first-order valence-electron chi connectivity index (χ1n) is 4.43. The van der Waals surface area contributed by atoms with E-state index in [0.29, 0.717) is 0 Å². The fourth-order valence-electron chi connectivity index (χ4n) is 1.50. The molecule has 2 rings (SSSR count). The maximum atomic E-state index is 4.44. The first kappa shape index (κ1) is 13.3. The van der Waals surface area contributed by atoms with Crippen LogP contribution in [0.1, 0.15) is 0 Å². The monoisotopic (exact) mass is 398 g/mol. The second-order valence-corrected chi connectivity index (χ2v) is 4.60. The lowest BCUT2D eigenvalue weighted by Crippen LogP contribution is -2.25. The summed E-state index contributed by atoms with van der Waals surface area (Å²) in [5, 5.41) is 1.11. The number of rotatable bonds is 1. The van der Waals surface area contributed by atoms with Crippen LogP contribution in [0.15, 0.2) is 33.7 Å². The zero-order valence-electron chi connectivity index (χ0n) is 8.31. The van der Waals surface area contributed by atoms with Crippen LogP contribution in [0.2, 0.25) is 0 Å². The highest BCUT2D eigenvalue weighted by Crippen LogP contribution is 2.29. The zero-order chi connectivity index (χ0) is 9.97. The Morgan fingerprint density at radius 2 is 2.13 bits per heavy atom. The number of para-hydroxylation sites is 1. The van der Waals surface area contributed by atoms with Crippen molar-refractivity contribution < 1.29 is 0 Å². The van der Waals surface area contributed by atoms with Gasteiger partial charge in [0.2, 0.25) is 0 Å². The highest BCUT2D eigenvalue weighted by molar-refractivity contribution is 14.0. The van der Waals surface area contributed by atoms with Gasteiger partial charge in [-0.25, -0.2) is 0 Å². The smallest absolute Gasteiger partial charge is 0.163 e. The predicted molar refractivity (Wildman–Crippen MR) is 82.7 cm³/mol. The van der Waals surface area contributed by atoms with E-state index in [1.165, 1.54) is 5.69 Å². The maximum absolute atomic E-state index is 4.44. The molecule has 1 aliphatic rings. The van der Waals surface area contributed by atoms with E-state index >= 15 is 0 Å². The van der Waals surface area contributed by atoms with Crippen molar-refractivity contribution in [3.8, 4) is 0 Å². The van der Waals surface area contributed by atoms with Gasteiger partial charge in [-0.05, 0) is 34.3 Å². The number of aliphatic imine (C=N–C) groups is 1. The Balaban J connectivity index is 0.00000112. The summed E-state index contributed by atoms with van der Waals surface area (Å²) in [7, 11) is 0. The van der Waals surface area contributed by atoms with Crippen molar-refractivity contribution >= 4 is 62.5 Å². The van der Waals surface area contributed by atoms with E-state index in [9.17, 15) is 0 Å². The van der Waals surface area contributed by atoms with Crippen LogP contribution in [0.5, 0.6) is 0 Å². The number of amidine groups is 1. The van der Waals surface area contributed by atoms with Gasteiger partial charge in [0.25, 0.3) is 0 Å². The summed E-state index contributed by atoms with van der Waals surface area (Å²) < 4.78 is 1.13. The molecule has 2 nitrogen and oxygen atoms in total. The third-order valence-corrected chi connectivity index (χ3v) is 3.51. The standard InChI is InChI=1S/C10H11BrN2S.HI/c1-14-10-12-6-7-13(10)9-5-3-2-4-8(9)11;/h2-5H,6-7H2,1H3;1H. The summed E-state index contributed by atoms with van der Waals surface area (Å²) >= 11 is 5.26. The first-order valence-corrected chi connectivity index (χ1v) is 6.45. The van der Waals surface area contributed by atoms with Crippen LogP contribution in [-0.4, -0.2) is 24.5 Å². The molecule has 5 heteroatoms. The maximum Gasteiger partial charge on any atom is 0.163 e. The van der Waals surface area contributed by atoms with Crippen molar-refractivity contribution in [3.63, 3.8) is 0 Å². The van der Waals surface area contributed by atoms with Crippen LogP contribution < -0.4 is 4.90 Å². The number of benzene rings is 1. The normalized spacial score (nSPS) is 14.8. The van der Waals surface area contributed by atoms with Gasteiger partial charge in [-0.2, -0.15) is 0 Å². The number of halogens is 2. The summed E-state index contributed by atoms with van der Waals surface area (Å²) in [5.74, 6) is 0. The number of hydrogen-bond acceptors (Lipinski definition) is 3. The highest BCUT2D eigenvalue weighted by Gasteiger charge is 2.18. The number of hydrogen-bond donors (Lipinski definition) is 0. The molecule has 0 amide bonds. The molecule has 0 fully saturated rings. The molecule has 0 saturated heterocycles. The minimum atomic E-state index is 0. The molecular formula is C10H12BrIN2S. The molecule has 0 spiro atoms. The zero-order valence-corrected chi connectivity index (χ0v) is 13.0. The lowest BCUT2D eigenvalue weighted by molar-refractivity contribution is 1.02. The van der Waals surface area contributed by atoms with Crippen molar-refractivity contribution in [3.05, 3.63) is 28.7 Å². The topological polar surface area (TPSA) is 15.6 Å². The van der Waals surface area contributed by atoms with Gasteiger partial charge < -0.3 is 4.90 Å². The Kier molecular flexibility index (Phi) is 5.42. The third-order valence-electron chi connectivity index (χ3n) is 2.13. The van der Waals surface area contributed by atoms with Gasteiger partial charge in [-0.1, -0.05) is 23.9 Å². The summed E-state index contributed by atoms with van der Waals surface area (Å²) in [6, 6.07) is 8.25. The van der Waals surface area contributed by atoms with Crippen LogP contribution >= 0.6 is 51.7 Å². The molecule has 0 N–H and O–H groups in total. The lowest BCUT2D eigenvalue weighted by atomic mass is 10.3. The van der Waals surface area contributed by atoms with Gasteiger partial charge in [0.05, 0.1) is 12.2 Å². The molecule has 1 aromatic carbocycles. The second-order valence-electron chi connectivity index (χ2n) is 2.97. The molecule has 0 unspecified atom stereocenters. The minimum Gasteiger partial charge on any atom is -0.318 e. The van der Waals surface area contributed by atoms with Crippen LogP contribution in [0.3, 0.4) is 0 Å². The summed E-state index contributed by atoms with van der Waals surface area (Å²) in [4.78, 5) is 6.68. The molecule has 0 saturated carbocycles. The van der Waals surface area contributed by atoms with Crippen LogP contribution in [0, 0.1) is 0 Å². The Hall–Kier alpha value is 0.250. The number of nitrogens with zero attached hydrogens (tertiary/aromatic N) is 2. The fraction of sp³-hybridized carbons (Fsp3) is 0.300. The van der Waals surface area contributed by atoms with Crippen molar-refractivity contribution in [2.24, 2.45) is 4.99 Å². The van der Waals surface area contributed by atoms with Crippen molar-refractivity contribution in [1.82, 2.24) is 0 Å². The van der Waals surface area contributed by atoms with Crippen molar-refractivity contribution in [1.29, 1.82) is 0 Å². The van der Waals surface area contributed by atoms with E-state index in [1.807, 2.05) is 6.07 Å². The van der Waals surface area contributed by atoms with E-state index in [1.54, 1.807) is 11.8 Å². The Bertz CT molecular complexity index is 370. The molecule has 0 bridgehead atoms. The molecule has 0 aromatic heterocycles. The minimum absolute atomic E-state index is 0. The van der Waals surface area contributed by atoms with Gasteiger partial charge in [0, 0.05) is 11.0 Å². The number of anilines is 1. The van der Waals surface area contributed by atoms with Gasteiger partial charge in [0.15, 0.2) is 5.17 Å². The average molecular weight is 399 g/mol. The van der Waals surface area contributed by atoms with E-state index in [2.05, 4.69) is 50.3 Å². The summed E-state index contributed by atoms with van der Waals surface area (Å²) in [6.45, 7) is 1.89. The Morgan fingerprint density at radius 3 is 2.80 bits per heavy atom.